The summed E-state index contributed by atoms with van der Waals surface area (Å²) in [7, 11) is 1.48. The molecule has 0 spiro atoms. The van der Waals surface area contributed by atoms with Gasteiger partial charge in [0.25, 0.3) is 5.90 Å². The van der Waals surface area contributed by atoms with Gasteiger partial charge < -0.3 is 9.47 Å². The molecule has 0 unspecified atom stereocenters. The lowest BCUT2D eigenvalue weighted by atomic mass is 10.3. The fourth-order valence-electron chi connectivity index (χ4n) is 1.43. The second-order valence-corrected chi connectivity index (χ2v) is 4.18. The molecule has 6 heteroatoms. The highest BCUT2D eigenvalue weighted by Crippen LogP contribution is 2.24. The minimum atomic E-state index is -4.63. The van der Waals surface area contributed by atoms with Crippen LogP contribution in [0, 0.1) is 0 Å². The number of methoxy groups -OCH3 is 1. The molecular formula is C15H18F3NO2. The van der Waals surface area contributed by atoms with Crippen molar-refractivity contribution in [2.45, 2.75) is 25.9 Å². The predicted molar refractivity (Wildman–Crippen MR) is 76.1 cm³/mol. The number of rotatable bonds is 6. The third-order valence-corrected chi connectivity index (χ3v) is 2.48. The molecule has 1 aromatic carbocycles. The van der Waals surface area contributed by atoms with Crippen molar-refractivity contribution in [3.63, 3.8) is 0 Å². The Balaban J connectivity index is 2.78. The Labute approximate surface area is 122 Å². The molecule has 0 atom stereocenters. The molecule has 0 aliphatic carbocycles. The van der Waals surface area contributed by atoms with Gasteiger partial charge in [0.15, 0.2) is 0 Å². The zero-order chi connectivity index (χ0) is 15.7. The summed E-state index contributed by atoms with van der Waals surface area (Å²) in [6, 6.07) is 5.93. The lowest BCUT2D eigenvalue weighted by Gasteiger charge is -2.10. The molecule has 3 nitrogen and oxygen atoms in total. The Bertz CT molecular complexity index is 479. The number of hydrogen-bond donors (Lipinski definition) is 0. The van der Waals surface area contributed by atoms with E-state index in [9.17, 15) is 13.2 Å². The van der Waals surface area contributed by atoms with Crippen molar-refractivity contribution in [1.82, 2.24) is 0 Å². The summed E-state index contributed by atoms with van der Waals surface area (Å²) in [5.41, 5.74) is 0.153. The van der Waals surface area contributed by atoms with Crippen LogP contribution >= 0.6 is 0 Å². The van der Waals surface area contributed by atoms with Crippen LogP contribution in [0.3, 0.4) is 0 Å². The van der Waals surface area contributed by atoms with E-state index in [1.807, 2.05) is 6.92 Å². The highest BCUT2D eigenvalue weighted by molar-refractivity contribution is 5.84. The minimum Gasteiger partial charge on any atom is -0.497 e. The van der Waals surface area contributed by atoms with Gasteiger partial charge in [0, 0.05) is 0 Å². The molecule has 0 N–H and O–H groups in total. The van der Waals surface area contributed by atoms with Gasteiger partial charge in [-0.1, -0.05) is 25.5 Å². The van der Waals surface area contributed by atoms with Crippen LogP contribution in [0.1, 0.15) is 19.8 Å². The maximum absolute atomic E-state index is 12.8. The van der Waals surface area contributed by atoms with E-state index in [0.717, 1.165) is 12.8 Å². The van der Waals surface area contributed by atoms with Crippen LogP contribution in [0.5, 0.6) is 5.75 Å². The lowest BCUT2D eigenvalue weighted by Crippen LogP contribution is -2.25. The Kier molecular flexibility index (Phi) is 6.78. The first-order chi connectivity index (χ1) is 9.97. The normalized spacial score (nSPS) is 12.7. The standard InChI is InChI=1S/C15H18F3NO2/c1-3-4-5-6-11-21-14(15(16,17)18)19-12-7-9-13(20-2)10-8-12/h5-10H,3-4,11H2,1-2H3. The second-order valence-electron chi connectivity index (χ2n) is 4.18. The van der Waals surface area contributed by atoms with Crippen molar-refractivity contribution in [2.24, 2.45) is 4.99 Å². The Hall–Kier alpha value is -1.98. The summed E-state index contributed by atoms with van der Waals surface area (Å²) in [5.74, 6) is -0.709. The van der Waals surface area contributed by atoms with Gasteiger partial charge in [0.2, 0.25) is 0 Å². The van der Waals surface area contributed by atoms with Crippen LogP contribution in [0.2, 0.25) is 0 Å². The number of hydrogen-bond acceptors (Lipinski definition) is 3. The minimum absolute atomic E-state index is 0.153. The van der Waals surface area contributed by atoms with Crippen LogP contribution in [0.25, 0.3) is 0 Å². The summed E-state index contributed by atoms with van der Waals surface area (Å²) in [4.78, 5) is 3.50. The van der Waals surface area contributed by atoms with Crippen LogP contribution < -0.4 is 4.74 Å². The molecule has 116 valence electrons. The molecule has 0 heterocycles. The zero-order valence-corrected chi connectivity index (χ0v) is 12.0. The molecule has 0 radical (unpaired) electrons. The third-order valence-electron chi connectivity index (χ3n) is 2.48. The molecular weight excluding hydrogens is 283 g/mol. The predicted octanol–water partition coefficient (Wildman–Crippen LogP) is 4.66. The van der Waals surface area contributed by atoms with Gasteiger partial charge in [-0.3, -0.25) is 0 Å². The van der Waals surface area contributed by atoms with E-state index in [0.29, 0.717) is 5.75 Å². The fraction of sp³-hybridized carbons (Fsp3) is 0.400. The molecule has 21 heavy (non-hydrogen) atoms. The topological polar surface area (TPSA) is 30.8 Å². The van der Waals surface area contributed by atoms with Crippen LogP contribution in [0.4, 0.5) is 18.9 Å². The molecule has 0 saturated heterocycles. The monoisotopic (exact) mass is 301 g/mol. The molecule has 1 rings (SSSR count). The number of ether oxygens (including phenoxy) is 2. The third kappa shape index (κ3) is 6.33. The molecule has 0 amide bonds. The number of allylic oxidation sites excluding steroid dienone is 1. The number of alkyl halides is 3. The van der Waals surface area contributed by atoms with Crippen molar-refractivity contribution in [1.29, 1.82) is 0 Å². The van der Waals surface area contributed by atoms with Gasteiger partial charge in [-0.2, -0.15) is 13.2 Å². The Morgan fingerprint density at radius 3 is 2.38 bits per heavy atom. The van der Waals surface area contributed by atoms with Crippen molar-refractivity contribution in [3.05, 3.63) is 36.4 Å². The summed E-state index contributed by atoms with van der Waals surface area (Å²) >= 11 is 0. The van der Waals surface area contributed by atoms with Crippen LogP contribution in [-0.2, 0) is 4.74 Å². The highest BCUT2D eigenvalue weighted by atomic mass is 19.4. The van der Waals surface area contributed by atoms with Gasteiger partial charge in [-0.05, 0) is 30.7 Å². The zero-order valence-electron chi connectivity index (χ0n) is 12.0. The van der Waals surface area contributed by atoms with Gasteiger partial charge in [-0.15, -0.1) is 0 Å². The first-order valence-corrected chi connectivity index (χ1v) is 6.55. The van der Waals surface area contributed by atoms with E-state index in [4.69, 9.17) is 9.47 Å². The number of nitrogens with zero attached hydrogens (tertiary/aromatic N) is 1. The summed E-state index contributed by atoms with van der Waals surface area (Å²) in [6.07, 6.45) is 0.446. The summed E-state index contributed by atoms with van der Waals surface area (Å²) < 4.78 is 48.1. The van der Waals surface area contributed by atoms with Crippen molar-refractivity contribution in [3.8, 4) is 5.75 Å². The van der Waals surface area contributed by atoms with E-state index < -0.39 is 12.1 Å². The summed E-state index contributed by atoms with van der Waals surface area (Å²) in [5, 5.41) is 0. The number of halogens is 3. The van der Waals surface area contributed by atoms with E-state index in [1.165, 1.54) is 31.4 Å². The smallest absolute Gasteiger partial charge is 0.468 e. The SMILES string of the molecule is CCCC=CCOC(=Nc1ccc(OC)cc1)C(F)(F)F. The highest BCUT2D eigenvalue weighted by Gasteiger charge is 2.38. The van der Waals surface area contributed by atoms with E-state index in [1.54, 1.807) is 12.2 Å². The molecule has 0 aromatic heterocycles. The van der Waals surface area contributed by atoms with E-state index >= 15 is 0 Å². The Morgan fingerprint density at radius 1 is 1.19 bits per heavy atom. The first kappa shape index (κ1) is 17.1. The molecule has 0 aliphatic rings. The number of aliphatic imine (C=N–C) groups is 1. The van der Waals surface area contributed by atoms with Gasteiger partial charge >= 0.3 is 6.18 Å². The second kappa shape index (κ2) is 8.34. The molecule has 0 fully saturated rings. The van der Waals surface area contributed by atoms with Gasteiger partial charge in [0.1, 0.15) is 12.4 Å². The maximum atomic E-state index is 12.8. The largest absolute Gasteiger partial charge is 0.497 e. The average Bonchev–Trinajstić information content (AvgIpc) is 2.45. The van der Waals surface area contributed by atoms with Gasteiger partial charge in [0.05, 0.1) is 12.8 Å². The van der Waals surface area contributed by atoms with E-state index in [2.05, 4.69) is 4.99 Å². The molecule has 0 saturated carbocycles. The number of benzene rings is 1. The molecule has 1 aromatic rings. The molecule has 0 aliphatic heterocycles. The summed E-state index contributed by atoms with van der Waals surface area (Å²) in [6.45, 7) is 1.83. The van der Waals surface area contributed by atoms with Crippen molar-refractivity contribution < 1.29 is 22.6 Å². The maximum Gasteiger partial charge on any atom is 0.468 e. The quantitative estimate of drug-likeness (QED) is 0.434. The van der Waals surface area contributed by atoms with Crippen LogP contribution in [0.15, 0.2) is 41.4 Å². The first-order valence-electron chi connectivity index (χ1n) is 6.55. The van der Waals surface area contributed by atoms with Crippen LogP contribution in [-0.4, -0.2) is 25.8 Å². The fourth-order valence-corrected chi connectivity index (χ4v) is 1.43. The lowest BCUT2D eigenvalue weighted by molar-refractivity contribution is -0.0770. The Morgan fingerprint density at radius 2 is 1.86 bits per heavy atom. The van der Waals surface area contributed by atoms with Crippen molar-refractivity contribution >= 4 is 11.6 Å². The van der Waals surface area contributed by atoms with E-state index in [-0.39, 0.29) is 12.3 Å². The molecule has 0 bridgehead atoms. The van der Waals surface area contributed by atoms with Gasteiger partial charge in [-0.25, -0.2) is 4.99 Å². The average molecular weight is 301 g/mol. The number of unbranched alkanes of at least 4 members (excludes halogenated alkanes) is 1. The van der Waals surface area contributed by atoms with Crippen molar-refractivity contribution in [2.75, 3.05) is 13.7 Å².